The first-order valence-electron chi connectivity index (χ1n) is 5.20. The lowest BCUT2D eigenvalue weighted by molar-refractivity contribution is 0.546. The molecule has 1 aromatic carbocycles. The van der Waals surface area contributed by atoms with Gasteiger partial charge >= 0.3 is 0 Å². The Labute approximate surface area is 102 Å². The zero-order chi connectivity index (χ0) is 10.4. The Balaban J connectivity index is 2.30. The second-order valence-corrected chi connectivity index (χ2v) is 5.30. The third-order valence-corrected chi connectivity index (χ3v) is 3.61. The van der Waals surface area contributed by atoms with E-state index in [-0.39, 0.29) is 0 Å². The van der Waals surface area contributed by atoms with Crippen LogP contribution in [0.5, 0.6) is 0 Å². The zero-order valence-corrected chi connectivity index (χ0v) is 10.5. The summed E-state index contributed by atoms with van der Waals surface area (Å²) in [5, 5.41) is 1.27. The average Bonchev–Trinajstić information content (AvgIpc) is 2.99. The standard InChI is InChI=1S/C12H12INO/c13-8-3-4-10-9(5-8)12(7-1-2-7)11(6-14)15-10/h3-5,7H,1-2,6,14H2. The molecule has 78 valence electrons. The highest BCUT2D eigenvalue weighted by Crippen LogP contribution is 2.46. The van der Waals surface area contributed by atoms with Crippen molar-refractivity contribution in [2.24, 2.45) is 5.73 Å². The molecule has 0 bridgehead atoms. The molecule has 1 saturated carbocycles. The molecule has 15 heavy (non-hydrogen) atoms. The Kier molecular flexibility index (Phi) is 2.25. The van der Waals surface area contributed by atoms with Crippen LogP contribution in [-0.2, 0) is 6.54 Å². The van der Waals surface area contributed by atoms with E-state index < -0.39 is 0 Å². The monoisotopic (exact) mass is 313 g/mol. The molecule has 1 fully saturated rings. The summed E-state index contributed by atoms with van der Waals surface area (Å²) in [6, 6.07) is 6.32. The number of fused-ring (bicyclic) bond motifs is 1. The smallest absolute Gasteiger partial charge is 0.134 e. The topological polar surface area (TPSA) is 39.2 Å². The Morgan fingerprint density at radius 1 is 1.40 bits per heavy atom. The van der Waals surface area contributed by atoms with Gasteiger partial charge < -0.3 is 10.2 Å². The predicted octanol–water partition coefficient (Wildman–Crippen LogP) is 3.37. The third-order valence-electron chi connectivity index (χ3n) is 2.94. The SMILES string of the molecule is NCc1oc2ccc(I)cc2c1C1CC1. The minimum Gasteiger partial charge on any atom is -0.459 e. The van der Waals surface area contributed by atoms with Gasteiger partial charge in [0, 0.05) is 14.5 Å². The van der Waals surface area contributed by atoms with Gasteiger partial charge in [0.15, 0.2) is 0 Å². The van der Waals surface area contributed by atoms with Gasteiger partial charge in [-0.3, -0.25) is 0 Å². The van der Waals surface area contributed by atoms with E-state index in [0.717, 1.165) is 11.3 Å². The molecule has 0 atom stereocenters. The number of hydrogen-bond acceptors (Lipinski definition) is 2. The average molecular weight is 313 g/mol. The summed E-state index contributed by atoms with van der Waals surface area (Å²) >= 11 is 2.34. The summed E-state index contributed by atoms with van der Waals surface area (Å²) in [6.07, 6.45) is 2.57. The van der Waals surface area contributed by atoms with Gasteiger partial charge in [0.25, 0.3) is 0 Å². The van der Waals surface area contributed by atoms with Crippen LogP contribution in [0.3, 0.4) is 0 Å². The molecule has 0 amide bonds. The lowest BCUT2D eigenvalue weighted by Gasteiger charge is -1.97. The van der Waals surface area contributed by atoms with Gasteiger partial charge in [0.05, 0.1) is 6.54 Å². The van der Waals surface area contributed by atoms with Gasteiger partial charge in [-0.25, -0.2) is 0 Å². The predicted molar refractivity (Wildman–Crippen MR) is 68.8 cm³/mol. The van der Waals surface area contributed by atoms with Gasteiger partial charge in [-0.1, -0.05) is 0 Å². The second kappa shape index (κ2) is 3.49. The molecule has 3 heteroatoms. The molecule has 2 aromatic rings. The van der Waals surface area contributed by atoms with Crippen molar-refractivity contribution in [2.75, 3.05) is 0 Å². The maximum Gasteiger partial charge on any atom is 0.134 e. The van der Waals surface area contributed by atoms with Crippen molar-refractivity contribution in [2.45, 2.75) is 25.3 Å². The van der Waals surface area contributed by atoms with Crippen molar-refractivity contribution in [3.05, 3.63) is 33.1 Å². The van der Waals surface area contributed by atoms with Gasteiger partial charge in [0.1, 0.15) is 11.3 Å². The highest BCUT2D eigenvalue weighted by Gasteiger charge is 2.30. The number of nitrogens with two attached hydrogens (primary N) is 1. The van der Waals surface area contributed by atoms with Crippen molar-refractivity contribution in [1.29, 1.82) is 0 Å². The highest BCUT2D eigenvalue weighted by atomic mass is 127. The van der Waals surface area contributed by atoms with Crippen molar-refractivity contribution in [3.63, 3.8) is 0 Å². The maximum atomic E-state index is 5.78. The molecule has 1 aliphatic carbocycles. The summed E-state index contributed by atoms with van der Waals surface area (Å²) in [6.45, 7) is 0.511. The van der Waals surface area contributed by atoms with E-state index >= 15 is 0 Å². The summed E-state index contributed by atoms with van der Waals surface area (Å²) < 4.78 is 7.03. The molecule has 0 aliphatic heterocycles. The fourth-order valence-electron chi connectivity index (χ4n) is 2.11. The van der Waals surface area contributed by atoms with Crippen LogP contribution in [0.15, 0.2) is 22.6 Å². The van der Waals surface area contributed by atoms with Gasteiger partial charge in [0.2, 0.25) is 0 Å². The van der Waals surface area contributed by atoms with E-state index in [1.54, 1.807) is 0 Å². The zero-order valence-electron chi connectivity index (χ0n) is 8.29. The van der Waals surface area contributed by atoms with E-state index in [4.69, 9.17) is 10.2 Å². The highest BCUT2D eigenvalue weighted by molar-refractivity contribution is 14.1. The fraction of sp³-hybridized carbons (Fsp3) is 0.333. The lowest BCUT2D eigenvalue weighted by Crippen LogP contribution is -1.97. The number of benzene rings is 1. The van der Waals surface area contributed by atoms with Crippen molar-refractivity contribution in [1.82, 2.24) is 0 Å². The first kappa shape index (κ1) is 9.66. The summed E-state index contributed by atoms with van der Waals surface area (Å²) in [7, 11) is 0. The quantitative estimate of drug-likeness (QED) is 0.863. The van der Waals surface area contributed by atoms with Gasteiger partial charge in [-0.05, 0) is 59.5 Å². The maximum absolute atomic E-state index is 5.78. The third kappa shape index (κ3) is 1.58. The Hall–Kier alpha value is -0.550. The Morgan fingerprint density at radius 2 is 2.20 bits per heavy atom. The van der Waals surface area contributed by atoms with Crippen LogP contribution in [0.2, 0.25) is 0 Å². The minimum absolute atomic E-state index is 0.511. The molecule has 2 N–H and O–H groups in total. The summed E-state index contributed by atoms with van der Waals surface area (Å²) in [5.74, 6) is 1.68. The number of hydrogen-bond donors (Lipinski definition) is 1. The van der Waals surface area contributed by atoms with Crippen LogP contribution < -0.4 is 5.73 Å². The largest absolute Gasteiger partial charge is 0.459 e. The Morgan fingerprint density at radius 3 is 2.87 bits per heavy atom. The Bertz CT molecular complexity index is 514. The number of rotatable bonds is 2. The van der Waals surface area contributed by atoms with E-state index in [2.05, 4.69) is 34.7 Å². The van der Waals surface area contributed by atoms with E-state index in [1.807, 2.05) is 6.07 Å². The van der Waals surface area contributed by atoms with Crippen molar-refractivity contribution in [3.8, 4) is 0 Å². The molecule has 0 radical (unpaired) electrons. The summed E-state index contributed by atoms with van der Waals surface area (Å²) in [5.41, 5.74) is 8.07. The van der Waals surface area contributed by atoms with Crippen molar-refractivity contribution < 1.29 is 4.42 Å². The van der Waals surface area contributed by atoms with E-state index in [1.165, 1.54) is 27.4 Å². The van der Waals surface area contributed by atoms with E-state index in [0.29, 0.717) is 12.5 Å². The minimum atomic E-state index is 0.511. The van der Waals surface area contributed by atoms with Crippen LogP contribution in [-0.4, -0.2) is 0 Å². The van der Waals surface area contributed by atoms with Crippen LogP contribution in [0, 0.1) is 3.57 Å². The normalized spacial score (nSPS) is 16.1. The van der Waals surface area contributed by atoms with Crippen LogP contribution >= 0.6 is 22.6 Å². The first-order valence-corrected chi connectivity index (χ1v) is 6.28. The van der Waals surface area contributed by atoms with E-state index in [9.17, 15) is 0 Å². The lowest BCUT2D eigenvalue weighted by atomic mass is 10.1. The number of furan rings is 1. The van der Waals surface area contributed by atoms with Crippen LogP contribution in [0.1, 0.15) is 30.1 Å². The van der Waals surface area contributed by atoms with Crippen LogP contribution in [0.25, 0.3) is 11.0 Å². The molecule has 0 unspecified atom stereocenters. The molecule has 1 aliphatic rings. The molecular formula is C12H12INO. The second-order valence-electron chi connectivity index (χ2n) is 4.06. The van der Waals surface area contributed by atoms with Crippen LogP contribution in [0.4, 0.5) is 0 Å². The first-order chi connectivity index (χ1) is 7.29. The molecule has 1 heterocycles. The fourth-order valence-corrected chi connectivity index (χ4v) is 2.60. The van der Waals surface area contributed by atoms with Gasteiger partial charge in [-0.15, -0.1) is 0 Å². The molecular weight excluding hydrogens is 301 g/mol. The van der Waals surface area contributed by atoms with Gasteiger partial charge in [-0.2, -0.15) is 0 Å². The number of halogens is 1. The molecule has 2 nitrogen and oxygen atoms in total. The summed E-state index contributed by atoms with van der Waals surface area (Å²) in [4.78, 5) is 0. The molecule has 1 aromatic heterocycles. The van der Waals surface area contributed by atoms with Crippen molar-refractivity contribution >= 4 is 33.6 Å². The molecule has 0 spiro atoms. The molecule has 0 saturated heterocycles. The molecule has 3 rings (SSSR count).